The number of carbonyl (C=O) groups is 1. The Morgan fingerprint density at radius 2 is 1.64 bits per heavy atom. The van der Waals surface area contributed by atoms with Crippen molar-refractivity contribution in [1.82, 2.24) is 0 Å². The van der Waals surface area contributed by atoms with Gasteiger partial charge >= 0.3 is 5.97 Å². The second kappa shape index (κ2) is 12.0. The molecule has 178 valence electrons. The van der Waals surface area contributed by atoms with Gasteiger partial charge in [0.15, 0.2) is 0 Å². The molecule has 3 aromatic carbocycles. The summed E-state index contributed by atoms with van der Waals surface area (Å²) in [6.45, 7) is 7.92. The molecule has 0 amide bonds. The van der Waals surface area contributed by atoms with Gasteiger partial charge < -0.3 is 15.9 Å². The van der Waals surface area contributed by atoms with Crippen molar-refractivity contribution < 1.29 is 15.0 Å². The monoisotopic (exact) mass is 561 g/mol. The quantitative estimate of drug-likeness (QED) is 0.268. The van der Waals surface area contributed by atoms with Gasteiger partial charge in [-0.15, -0.1) is 0 Å². The molecule has 0 heterocycles. The molecule has 0 aromatic heterocycles. The van der Waals surface area contributed by atoms with Gasteiger partial charge in [0.05, 0.1) is 5.41 Å². The van der Waals surface area contributed by atoms with Gasteiger partial charge in [-0.25, -0.2) is 0 Å². The second-order valence-electron chi connectivity index (χ2n) is 9.68. The van der Waals surface area contributed by atoms with Gasteiger partial charge in [0.2, 0.25) is 0 Å². The predicted molar refractivity (Wildman–Crippen MR) is 145 cm³/mol. The van der Waals surface area contributed by atoms with Crippen LogP contribution in [0.1, 0.15) is 64.1 Å². The van der Waals surface area contributed by atoms with Gasteiger partial charge in [-0.05, 0) is 88.7 Å². The summed E-state index contributed by atoms with van der Waals surface area (Å²) in [5.74, 6) is -0.790. The van der Waals surface area contributed by atoms with Gasteiger partial charge in [0.1, 0.15) is 0 Å². The first-order valence-electron chi connectivity index (χ1n) is 11.3. The molecule has 5 heteroatoms. The molecule has 3 rings (SSSR count). The molecule has 4 nitrogen and oxygen atoms in total. The highest BCUT2D eigenvalue weighted by atomic mass is 127. The highest BCUT2D eigenvalue weighted by Gasteiger charge is 2.35. The van der Waals surface area contributed by atoms with E-state index in [2.05, 4.69) is 52.9 Å². The first kappa shape index (κ1) is 27.3. The van der Waals surface area contributed by atoms with E-state index in [0.717, 1.165) is 22.0 Å². The fraction of sp³-hybridized carbons (Fsp3) is 0.393. The van der Waals surface area contributed by atoms with Crippen LogP contribution in [0.15, 0.2) is 66.7 Å². The minimum atomic E-state index is -0.868. The van der Waals surface area contributed by atoms with Crippen LogP contribution in [0.4, 0.5) is 0 Å². The van der Waals surface area contributed by atoms with Gasteiger partial charge in [-0.3, -0.25) is 4.79 Å². The number of fused-ring (bicyclic) bond motifs is 1. The van der Waals surface area contributed by atoms with Crippen molar-refractivity contribution in [3.8, 4) is 0 Å². The minimum Gasteiger partial charge on any atom is -0.481 e. The summed E-state index contributed by atoms with van der Waals surface area (Å²) in [5, 5.41) is 21.4. The Morgan fingerprint density at radius 1 is 1.00 bits per heavy atom. The molecule has 0 bridgehead atoms. The topological polar surface area (TPSA) is 83.5 Å². The van der Waals surface area contributed by atoms with E-state index >= 15 is 0 Å². The molecular formula is C28H36INO3. The van der Waals surface area contributed by atoms with Crippen LogP contribution in [0, 0.1) is 8.99 Å². The van der Waals surface area contributed by atoms with Crippen molar-refractivity contribution in [1.29, 1.82) is 0 Å². The molecule has 0 saturated heterocycles. The van der Waals surface area contributed by atoms with Crippen LogP contribution in [-0.2, 0) is 10.2 Å². The highest BCUT2D eigenvalue weighted by molar-refractivity contribution is 14.1. The Morgan fingerprint density at radius 3 is 2.24 bits per heavy atom. The molecule has 0 radical (unpaired) electrons. The summed E-state index contributed by atoms with van der Waals surface area (Å²) in [6, 6.07) is 22.4. The maximum Gasteiger partial charge on any atom is 0.313 e. The molecular weight excluding hydrogens is 525 g/mol. The number of nitrogens with two attached hydrogens (primary N) is 1. The van der Waals surface area contributed by atoms with Crippen LogP contribution in [0.25, 0.3) is 10.8 Å². The van der Waals surface area contributed by atoms with Crippen LogP contribution in [0.5, 0.6) is 0 Å². The highest BCUT2D eigenvalue weighted by Crippen LogP contribution is 2.33. The summed E-state index contributed by atoms with van der Waals surface area (Å²) in [7, 11) is 0. The Bertz CT molecular complexity index is 1060. The number of aliphatic hydroxyl groups is 1. The Balaban J connectivity index is 0.000000254. The zero-order valence-electron chi connectivity index (χ0n) is 20.0. The van der Waals surface area contributed by atoms with Gasteiger partial charge in [0.25, 0.3) is 0 Å². The number of hydrogen-bond acceptors (Lipinski definition) is 3. The molecule has 0 spiro atoms. The van der Waals surface area contributed by atoms with Crippen molar-refractivity contribution in [3.63, 3.8) is 0 Å². The molecule has 0 fully saturated rings. The average Bonchev–Trinajstić information content (AvgIpc) is 2.78. The Kier molecular flexibility index (Phi) is 9.88. The first-order valence-corrected chi connectivity index (χ1v) is 12.4. The van der Waals surface area contributed by atoms with E-state index in [1.54, 1.807) is 6.92 Å². The van der Waals surface area contributed by atoms with Crippen molar-refractivity contribution in [3.05, 3.63) is 81.4 Å². The SMILES string of the molecule is CC(C)(CO)CCC[C@@](C)(C(=O)O)c1cccc(I)c1.C[C@H](N)c1cccc2ccccc12. The molecule has 0 aliphatic rings. The molecule has 3 aromatic rings. The number of aliphatic hydroxyl groups excluding tert-OH is 1. The minimum absolute atomic E-state index is 0.103. The standard InChI is InChI=1S/C16H23IO3.C12H13N/c1-15(2,11-18)8-5-9-16(3,14(19)20)12-6-4-7-13(17)10-12;1-9(13)11-8-4-6-10-5-2-3-7-12(10)11/h4,6-7,10,18H,5,8-9,11H2,1-3H3,(H,19,20);2-9H,13H2,1H3/t16-;9-/m10/s1. The lowest BCUT2D eigenvalue weighted by atomic mass is 9.76. The van der Waals surface area contributed by atoms with Gasteiger partial charge in [0, 0.05) is 16.2 Å². The summed E-state index contributed by atoms with van der Waals surface area (Å²) in [4.78, 5) is 11.7. The van der Waals surface area contributed by atoms with E-state index in [1.165, 1.54) is 16.3 Å². The van der Waals surface area contributed by atoms with Crippen LogP contribution < -0.4 is 5.73 Å². The maximum atomic E-state index is 11.7. The lowest BCUT2D eigenvalue weighted by molar-refractivity contribution is -0.143. The molecule has 0 saturated carbocycles. The van der Waals surface area contributed by atoms with E-state index < -0.39 is 11.4 Å². The van der Waals surface area contributed by atoms with E-state index in [1.807, 2.05) is 57.2 Å². The number of benzene rings is 3. The average molecular weight is 562 g/mol. The van der Waals surface area contributed by atoms with Crippen molar-refractivity contribution in [2.75, 3.05) is 6.61 Å². The second-order valence-corrected chi connectivity index (χ2v) is 10.9. The molecule has 33 heavy (non-hydrogen) atoms. The summed E-state index contributed by atoms with van der Waals surface area (Å²) in [5.41, 5.74) is 6.93. The van der Waals surface area contributed by atoms with E-state index in [9.17, 15) is 15.0 Å². The van der Waals surface area contributed by atoms with Crippen molar-refractivity contribution >= 4 is 39.3 Å². The summed E-state index contributed by atoms with van der Waals surface area (Å²) >= 11 is 2.20. The molecule has 2 atom stereocenters. The van der Waals surface area contributed by atoms with Crippen LogP contribution >= 0.6 is 22.6 Å². The molecule has 0 aliphatic carbocycles. The van der Waals surface area contributed by atoms with E-state index in [-0.39, 0.29) is 18.1 Å². The lowest BCUT2D eigenvalue weighted by Crippen LogP contribution is -2.33. The largest absolute Gasteiger partial charge is 0.481 e. The molecule has 0 aliphatic heterocycles. The normalized spacial score (nSPS) is 14.2. The number of aliphatic carboxylic acids is 1. The molecule has 4 N–H and O–H groups in total. The number of hydrogen-bond donors (Lipinski definition) is 3. The summed E-state index contributed by atoms with van der Waals surface area (Å²) < 4.78 is 1.04. The van der Waals surface area contributed by atoms with Gasteiger partial charge in [-0.1, -0.05) is 74.9 Å². The third-order valence-electron chi connectivity index (χ3n) is 6.21. The number of rotatable bonds is 8. The van der Waals surface area contributed by atoms with E-state index in [0.29, 0.717) is 6.42 Å². The maximum absolute atomic E-state index is 11.7. The third-order valence-corrected chi connectivity index (χ3v) is 6.88. The zero-order valence-corrected chi connectivity index (χ0v) is 22.2. The van der Waals surface area contributed by atoms with Crippen LogP contribution in [0.3, 0.4) is 0 Å². The first-order chi connectivity index (χ1) is 15.5. The van der Waals surface area contributed by atoms with Gasteiger partial charge in [-0.2, -0.15) is 0 Å². The lowest BCUT2D eigenvalue weighted by Gasteiger charge is -2.28. The molecule has 0 unspecified atom stereocenters. The predicted octanol–water partition coefficient (Wildman–Crippen LogP) is 6.68. The van der Waals surface area contributed by atoms with Crippen LogP contribution in [0.2, 0.25) is 0 Å². The van der Waals surface area contributed by atoms with Crippen molar-refractivity contribution in [2.24, 2.45) is 11.1 Å². The fourth-order valence-corrected chi connectivity index (χ4v) is 4.40. The van der Waals surface area contributed by atoms with Crippen molar-refractivity contribution in [2.45, 2.75) is 58.4 Å². The summed E-state index contributed by atoms with van der Waals surface area (Å²) in [6.07, 6.45) is 2.17. The Labute approximate surface area is 211 Å². The smallest absolute Gasteiger partial charge is 0.313 e. The van der Waals surface area contributed by atoms with E-state index in [4.69, 9.17) is 5.73 Å². The number of halogens is 1. The Hall–Kier alpha value is -1.96. The number of carboxylic acid groups (broad SMARTS) is 1. The van der Waals surface area contributed by atoms with Crippen LogP contribution in [-0.4, -0.2) is 22.8 Å². The third kappa shape index (κ3) is 7.52. The zero-order chi connectivity index (χ0) is 24.6. The number of carboxylic acids is 1. The fourth-order valence-electron chi connectivity index (χ4n) is 3.85.